The molecule has 1 N–H and O–H groups in total. The molecule has 0 fully saturated rings. The Bertz CT molecular complexity index is 401. The van der Waals surface area contributed by atoms with Gasteiger partial charge in [0.05, 0.1) is 6.04 Å². The van der Waals surface area contributed by atoms with Crippen molar-refractivity contribution in [1.29, 1.82) is 0 Å². The summed E-state index contributed by atoms with van der Waals surface area (Å²) in [6, 6.07) is 4.60. The fraction of sp³-hybridized carbons (Fsp3) is 0.500. The first-order valence-electron chi connectivity index (χ1n) is 6.22. The van der Waals surface area contributed by atoms with Crippen LogP contribution in [-0.4, -0.2) is 6.04 Å². The van der Waals surface area contributed by atoms with Crippen LogP contribution >= 0.6 is 0 Å². The minimum absolute atomic E-state index is 0.148. The van der Waals surface area contributed by atoms with E-state index in [1.165, 1.54) is 22.3 Å². The van der Waals surface area contributed by atoms with E-state index in [1.54, 1.807) is 0 Å². The summed E-state index contributed by atoms with van der Waals surface area (Å²) >= 11 is 0. The fourth-order valence-corrected chi connectivity index (χ4v) is 2.19. The third-order valence-corrected chi connectivity index (χ3v) is 3.19. The average Bonchev–Trinajstić information content (AvgIpc) is 2.21. The Balaban J connectivity index is 2.80. The molecule has 1 atom stereocenters. The van der Waals surface area contributed by atoms with Crippen molar-refractivity contribution >= 4 is 0 Å². The summed E-state index contributed by atoms with van der Waals surface area (Å²) in [5, 5.41) is 3.45. The molecule has 1 aromatic carbocycles. The lowest BCUT2D eigenvalue weighted by molar-refractivity contribution is 0.475. The molecule has 0 spiro atoms. The minimum Gasteiger partial charge on any atom is -0.299 e. The van der Waals surface area contributed by atoms with Crippen molar-refractivity contribution in [2.75, 3.05) is 0 Å². The predicted molar refractivity (Wildman–Crippen MR) is 75.0 cm³/mol. The van der Waals surface area contributed by atoms with Gasteiger partial charge in [0, 0.05) is 6.54 Å². The average molecular weight is 229 g/mol. The molecular weight excluding hydrogens is 206 g/mol. The first kappa shape index (κ1) is 13.8. The van der Waals surface area contributed by atoms with Gasteiger partial charge >= 0.3 is 0 Å². The van der Waals surface area contributed by atoms with Crippen molar-refractivity contribution < 1.29 is 0 Å². The maximum absolute atomic E-state index is 5.53. The molecule has 0 aliphatic rings. The molecule has 0 radical (unpaired) electrons. The summed E-state index contributed by atoms with van der Waals surface area (Å²) in [6.07, 6.45) is 5.53. The van der Waals surface area contributed by atoms with Crippen molar-refractivity contribution in [3.05, 3.63) is 34.4 Å². The molecule has 0 saturated carbocycles. The number of nitrogens with one attached hydrogen (secondary N) is 1. The molecule has 0 aliphatic heterocycles. The molecular formula is C16H23N. The Morgan fingerprint density at radius 2 is 1.71 bits per heavy atom. The zero-order valence-electron chi connectivity index (χ0n) is 11.6. The van der Waals surface area contributed by atoms with E-state index in [-0.39, 0.29) is 6.04 Å². The minimum atomic E-state index is 0.148. The largest absolute Gasteiger partial charge is 0.299 e. The lowest BCUT2D eigenvalue weighted by Gasteiger charge is -2.19. The van der Waals surface area contributed by atoms with Crippen LogP contribution in [0.15, 0.2) is 12.1 Å². The second kappa shape index (κ2) is 5.89. The molecule has 1 unspecified atom stereocenters. The second-order valence-corrected chi connectivity index (χ2v) is 5.15. The standard InChI is InChI=1S/C16H23N/c1-7-16(11(2)3)17-10-15-13(5)8-12(4)9-14(15)6/h1,8-9,11,16-17H,10H2,2-6H3. The normalized spacial score (nSPS) is 12.5. The van der Waals surface area contributed by atoms with E-state index in [1.807, 2.05) is 0 Å². The van der Waals surface area contributed by atoms with Crippen LogP contribution < -0.4 is 5.32 Å². The molecule has 0 amide bonds. The van der Waals surface area contributed by atoms with Crippen LogP contribution in [0.1, 0.15) is 36.1 Å². The molecule has 1 rings (SSSR count). The van der Waals surface area contributed by atoms with E-state index in [9.17, 15) is 0 Å². The van der Waals surface area contributed by atoms with Crippen LogP contribution in [0.3, 0.4) is 0 Å². The molecule has 92 valence electrons. The van der Waals surface area contributed by atoms with Gasteiger partial charge in [-0.2, -0.15) is 0 Å². The summed E-state index contributed by atoms with van der Waals surface area (Å²) in [7, 11) is 0. The summed E-state index contributed by atoms with van der Waals surface area (Å²) in [6.45, 7) is 11.6. The Morgan fingerprint density at radius 3 is 2.12 bits per heavy atom. The number of hydrogen-bond donors (Lipinski definition) is 1. The van der Waals surface area contributed by atoms with Gasteiger partial charge in [-0.1, -0.05) is 37.5 Å². The lowest BCUT2D eigenvalue weighted by atomic mass is 9.98. The first-order chi connectivity index (χ1) is 7.95. The van der Waals surface area contributed by atoms with Gasteiger partial charge < -0.3 is 0 Å². The molecule has 17 heavy (non-hydrogen) atoms. The molecule has 1 nitrogen and oxygen atoms in total. The third-order valence-electron chi connectivity index (χ3n) is 3.19. The van der Waals surface area contributed by atoms with Crippen molar-refractivity contribution in [3.63, 3.8) is 0 Å². The third kappa shape index (κ3) is 3.61. The first-order valence-corrected chi connectivity index (χ1v) is 6.22. The Labute approximate surface area is 106 Å². The number of terminal acetylenes is 1. The van der Waals surface area contributed by atoms with Gasteiger partial charge in [0.15, 0.2) is 0 Å². The molecule has 1 heteroatoms. The SMILES string of the molecule is C#CC(NCc1c(C)cc(C)cc1C)C(C)C. The van der Waals surface area contributed by atoms with Crippen LogP contribution in [-0.2, 0) is 6.54 Å². The van der Waals surface area contributed by atoms with Crippen LogP contribution in [0.4, 0.5) is 0 Å². The van der Waals surface area contributed by atoms with Crippen LogP contribution in [0, 0.1) is 39.0 Å². The topological polar surface area (TPSA) is 12.0 Å². The molecule has 0 aliphatic carbocycles. The monoisotopic (exact) mass is 229 g/mol. The lowest BCUT2D eigenvalue weighted by Crippen LogP contribution is -2.32. The summed E-state index contributed by atoms with van der Waals surface area (Å²) in [5.41, 5.74) is 5.38. The van der Waals surface area contributed by atoms with Gasteiger partial charge in [-0.05, 0) is 43.4 Å². The highest BCUT2D eigenvalue weighted by Crippen LogP contribution is 2.16. The highest BCUT2D eigenvalue weighted by molar-refractivity contribution is 5.37. The van der Waals surface area contributed by atoms with Crippen LogP contribution in [0.2, 0.25) is 0 Å². The van der Waals surface area contributed by atoms with E-state index in [0.717, 1.165) is 6.54 Å². The summed E-state index contributed by atoms with van der Waals surface area (Å²) < 4.78 is 0. The van der Waals surface area contributed by atoms with Crippen molar-refractivity contribution in [1.82, 2.24) is 5.32 Å². The van der Waals surface area contributed by atoms with E-state index >= 15 is 0 Å². The highest BCUT2D eigenvalue weighted by atomic mass is 14.9. The Morgan fingerprint density at radius 1 is 1.18 bits per heavy atom. The van der Waals surface area contributed by atoms with Crippen molar-refractivity contribution in [2.45, 2.75) is 47.2 Å². The van der Waals surface area contributed by atoms with Gasteiger partial charge in [0.2, 0.25) is 0 Å². The molecule has 0 heterocycles. The number of benzene rings is 1. The Hall–Kier alpha value is -1.26. The smallest absolute Gasteiger partial charge is 0.0712 e. The van der Waals surface area contributed by atoms with Gasteiger partial charge in [-0.3, -0.25) is 5.32 Å². The molecule has 0 aromatic heterocycles. The second-order valence-electron chi connectivity index (χ2n) is 5.15. The summed E-state index contributed by atoms with van der Waals surface area (Å²) in [4.78, 5) is 0. The van der Waals surface area contributed by atoms with E-state index in [0.29, 0.717) is 5.92 Å². The van der Waals surface area contributed by atoms with Crippen molar-refractivity contribution in [3.8, 4) is 12.3 Å². The maximum Gasteiger partial charge on any atom is 0.0712 e. The van der Waals surface area contributed by atoms with Gasteiger partial charge in [0.1, 0.15) is 0 Å². The number of aryl methyl sites for hydroxylation is 3. The van der Waals surface area contributed by atoms with E-state index in [4.69, 9.17) is 6.42 Å². The maximum atomic E-state index is 5.53. The quantitative estimate of drug-likeness (QED) is 0.781. The zero-order valence-corrected chi connectivity index (χ0v) is 11.6. The highest BCUT2D eigenvalue weighted by Gasteiger charge is 2.10. The van der Waals surface area contributed by atoms with Gasteiger partial charge in [-0.25, -0.2) is 0 Å². The zero-order chi connectivity index (χ0) is 13.0. The van der Waals surface area contributed by atoms with Crippen LogP contribution in [0.5, 0.6) is 0 Å². The molecule has 1 aromatic rings. The molecule has 0 saturated heterocycles. The Kier molecular flexibility index (Phi) is 4.78. The van der Waals surface area contributed by atoms with Gasteiger partial charge in [-0.15, -0.1) is 6.42 Å². The van der Waals surface area contributed by atoms with Gasteiger partial charge in [0.25, 0.3) is 0 Å². The molecule has 0 bridgehead atoms. The number of rotatable bonds is 4. The predicted octanol–water partition coefficient (Wildman–Crippen LogP) is 3.36. The number of hydrogen-bond acceptors (Lipinski definition) is 1. The van der Waals surface area contributed by atoms with Crippen molar-refractivity contribution in [2.24, 2.45) is 5.92 Å². The summed E-state index contributed by atoms with van der Waals surface area (Å²) in [5.74, 6) is 3.27. The fourth-order valence-electron chi connectivity index (χ4n) is 2.19. The van der Waals surface area contributed by atoms with E-state index < -0.39 is 0 Å². The van der Waals surface area contributed by atoms with Crippen LogP contribution in [0.25, 0.3) is 0 Å². The van der Waals surface area contributed by atoms with E-state index in [2.05, 4.69) is 58.0 Å².